The van der Waals surface area contributed by atoms with E-state index in [2.05, 4.69) is 19.9 Å². The molecule has 0 radical (unpaired) electrons. The van der Waals surface area contributed by atoms with Gasteiger partial charge in [-0.1, -0.05) is 25.5 Å². The van der Waals surface area contributed by atoms with E-state index in [4.69, 9.17) is 0 Å². The highest BCUT2D eigenvalue weighted by Crippen LogP contribution is 2.50. The molecule has 1 spiro atoms. The number of hydrogen-bond donors (Lipinski definition) is 0. The van der Waals surface area contributed by atoms with Gasteiger partial charge < -0.3 is 0 Å². The van der Waals surface area contributed by atoms with Crippen LogP contribution < -0.4 is 0 Å². The third-order valence-electron chi connectivity index (χ3n) is 3.62. The van der Waals surface area contributed by atoms with E-state index in [-0.39, 0.29) is 17.0 Å². The van der Waals surface area contributed by atoms with Crippen LogP contribution in [0, 0.1) is 10.8 Å². The van der Waals surface area contributed by atoms with Gasteiger partial charge in [0.2, 0.25) is 0 Å². The first-order chi connectivity index (χ1) is 6.86. The average Bonchev–Trinajstić information content (AvgIpc) is 2.30. The quantitative estimate of drug-likeness (QED) is 0.451. The summed E-state index contributed by atoms with van der Waals surface area (Å²) in [6.07, 6.45) is 4.49. The summed E-state index contributed by atoms with van der Waals surface area (Å²) < 4.78 is 0. The number of carbonyl (C=O) groups excluding carboxylic acids is 2. The molecule has 0 atom stereocenters. The van der Waals surface area contributed by atoms with Crippen molar-refractivity contribution < 1.29 is 9.59 Å². The number of allylic oxidation sites excluding steroid dienone is 2. The molecule has 0 aromatic heterocycles. The van der Waals surface area contributed by atoms with Crippen LogP contribution in [0.1, 0.15) is 46.5 Å². The topological polar surface area (TPSA) is 34.1 Å². The van der Waals surface area contributed by atoms with E-state index in [0.29, 0.717) is 25.7 Å². The van der Waals surface area contributed by atoms with E-state index < -0.39 is 5.41 Å². The Balaban J connectivity index is 2.43. The standard InChI is InChI=1S/C13H18O2/c1-9-6-12(2,3)8-13(7-9)10(14)4-5-11(13)15/h6H,4-5,7-8H2,1-3H3. The van der Waals surface area contributed by atoms with Gasteiger partial charge in [0.1, 0.15) is 11.6 Å². The Hall–Kier alpha value is -0.920. The van der Waals surface area contributed by atoms with Crippen LogP contribution in [0.4, 0.5) is 0 Å². The maximum atomic E-state index is 11.9. The van der Waals surface area contributed by atoms with Crippen LogP contribution in [-0.2, 0) is 9.59 Å². The zero-order valence-electron chi connectivity index (χ0n) is 9.72. The molecule has 1 fully saturated rings. The van der Waals surface area contributed by atoms with Gasteiger partial charge in [-0.25, -0.2) is 0 Å². The van der Waals surface area contributed by atoms with Crippen LogP contribution in [0.25, 0.3) is 0 Å². The Morgan fingerprint density at radius 3 is 2.13 bits per heavy atom. The Morgan fingerprint density at radius 1 is 1.13 bits per heavy atom. The minimum Gasteiger partial charge on any atom is -0.299 e. The Labute approximate surface area is 90.7 Å². The fourth-order valence-electron chi connectivity index (χ4n) is 3.34. The fourth-order valence-corrected chi connectivity index (χ4v) is 3.34. The van der Waals surface area contributed by atoms with Gasteiger partial charge in [-0.05, 0) is 25.2 Å². The third kappa shape index (κ3) is 1.56. The lowest BCUT2D eigenvalue weighted by Gasteiger charge is -2.38. The number of Topliss-reactive ketones (excluding diaryl/α,β-unsaturated/α-hetero) is 2. The van der Waals surface area contributed by atoms with E-state index in [1.54, 1.807) is 0 Å². The van der Waals surface area contributed by atoms with Crippen LogP contribution in [0.5, 0.6) is 0 Å². The lowest BCUT2D eigenvalue weighted by molar-refractivity contribution is -0.137. The molecule has 0 aromatic carbocycles. The van der Waals surface area contributed by atoms with Crippen LogP contribution in [-0.4, -0.2) is 11.6 Å². The second-order valence-electron chi connectivity index (χ2n) is 5.76. The SMILES string of the molecule is CC1=CC(C)(C)CC2(C1)C(=O)CCC2=O. The van der Waals surface area contributed by atoms with Crippen molar-refractivity contribution in [1.29, 1.82) is 0 Å². The van der Waals surface area contributed by atoms with Crippen molar-refractivity contribution in [3.8, 4) is 0 Å². The Kier molecular flexibility index (Phi) is 2.14. The highest BCUT2D eigenvalue weighted by Gasteiger charge is 2.52. The molecule has 0 aliphatic heterocycles. The van der Waals surface area contributed by atoms with Crippen LogP contribution in [0.3, 0.4) is 0 Å². The molecule has 2 aliphatic carbocycles. The highest BCUT2D eigenvalue weighted by atomic mass is 16.2. The smallest absolute Gasteiger partial charge is 0.147 e. The maximum absolute atomic E-state index is 11.9. The van der Waals surface area contributed by atoms with Crippen molar-refractivity contribution in [2.45, 2.75) is 46.5 Å². The monoisotopic (exact) mass is 206 g/mol. The predicted octanol–water partition coefficient (Wildman–Crippen LogP) is 2.67. The van der Waals surface area contributed by atoms with E-state index >= 15 is 0 Å². The molecule has 0 bridgehead atoms. The number of carbonyl (C=O) groups is 2. The summed E-state index contributed by atoms with van der Waals surface area (Å²) in [5.74, 6) is 0.348. The highest BCUT2D eigenvalue weighted by molar-refractivity contribution is 6.13. The molecule has 0 amide bonds. The summed E-state index contributed by atoms with van der Waals surface area (Å²) in [4.78, 5) is 23.9. The first-order valence-electron chi connectivity index (χ1n) is 5.61. The van der Waals surface area contributed by atoms with Gasteiger partial charge in [-0.3, -0.25) is 9.59 Å². The molecule has 82 valence electrons. The largest absolute Gasteiger partial charge is 0.299 e. The van der Waals surface area contributed by atoms with Crippen molar-refractivity contribution in [3.05, 3.63) is 11.6 Å². The summed E-state index contributed by atoms with van der Waals surface area (Å²) in [6, 6.07) is 0. The molecule has 2 aliphatic rings. The van der Waals surface area contributed by atoms with Gasteiger partial charge >= 0.3 is 0 Å². The lowest BCUT2D eigenvalue weighted by Crippen LogP contribution is -2.40. The number of ketones is 2. The van der Waals surface area contributed by atoms with E-state index in [1.807, 2.05) is 6.92 Å². The van der Waals surface area contributed by atoms with Crippen molar-refractivity contribution in [1.82, 2.24) is 0 Å². The Morgan fingerprint density at radius 2 is 1.67 bits per heavy atom. The molecule has 2 rings (SSSR count). The molecule has 0 heterocycles. The molecule has 0 unspecified atom stereocenters. The summed E-state index contributed by atoms with van der Waals surface area (Å²) in [5, 5.41) is 0. The van der Waals surface area contributed by atoms with E-state index in [9.17, 15) is 9.59 Å². The number of hydrogen-bond acceptors (Lipinski definition) is 2. The molecule has 2 heteroatoms. The second kappa shape index (κ2) is 3.03. The van der Waals surface area contributed by atoms with Crippen LogP contribution >= 0.6 is 0 Å². The van der Waals surface area contributed by atoms with Crippen molar-refractivity contribution in [2.24, 2.45) is 10.8 Å². The molecule has 0 aromatic rings. The molecule has 2 nitrogen and oxygen atoms in total. The second-order valence-corrected chi connectivity index (χ2v) is 5.76. The zero-order valence-corrected chi connectivity index (χ0v) is 9.72. The van der Waals surface area contributed by atoms with Gasteiger partial charge in [0.15, 0.2) is 0 Å². The van der Waals surface area contributed by atoms with Crippen molar-refractivity contribution >= 4 is 11.6 Å². The van der Waals surface area contributed by atoms with E-state index in [1.165, 1.54) is 5.57 Å². The molecule has 0 N–H and O–H groups in total. The Bertz CT molecular complexity index is 345. The lowest BCUT2D eigenvalue weighted by atomic mass is 9.63. The molecule has 0 saturated heterocycles. The summed E-state index contributed by atoms with van der Waals surface area (Å²) >= 11 is 0. The minimum absolute atomic E-state index is 0.0159. The first kappa shape index (κ1) is 10.6. The van der Waals surface area contributed by atoms with Crippen LogP contribution in [0.15, 0.2) is 11.6 Å². The van der Waals surface area contributed by atoms with Crippen LogP contribution in [0.2, 0.25) is 0 Å². The summed E-state index contributed by atoms with van der Waals surface area (Å²) in [6.45, 7) is 6.24. The zero-order chi connectivity index (χ0) is 11.3. The van der Waals surface area contributed by atoms with Crippen molar-refractivity contribution in [3.63, 3.8) is 0 Å². The first-order valence-corrected chi connectivity index (χ1v) is 5.61. The number of rotatable bonds is 0. The average molecular weight is 206 g/mol. The fraction of sp³-hybridized carbons (Fsp3) is 0.692. The molecule has 15 heavy (non-hydrogen) atoms. The minimum atomic E-state index is -0.650. The third-order valence-corrected chi connectivity index (χ3v) is 3.62. The van der Waals surface area contributed by atoms with E-state index in [0.717, 1.165) is 0 Å². The maximum Gasteiger partial charge on any atom is 0.147 e. The van der Waals surface area contributed by atoms with Gasteiger partial charge in [0, 0.05) is 12.8 Å². The van der Waals surface area contributed by atoms with Gasteiger partial charge in [0.05, 0.1) is 5.41 Å². The normalized spacial score (nSPS) is 28.3. The summed E-state index contributed by atoms with van der Waals surface area (Å²) in [5.41, 5.74) is 0.523. The van der Waals surface area contributed by atoms with Crippen molar-refractivity contribution in [2.75, 3.05) is 0 Å². The molecular weight excluding hydrogens is 188 g/mol. The van der Waals surface area contributed by atoms with Gasteiger partial charge in [-0.2, -0.15) is 0 Å². The van der Waals surface area contributed by atoms with Gasteiger partial charge in [-0.15, -0.1) is 0 Å². The predicted molar refractivity (Wildman–Crippen MR) is 58.5 cm³/mol. The molecular formula is C13H18O2. The summed E-state index contributed by atoms with van der Waals surface area (Å²) in [7, 11) is 0. The van der Waals surface area contributed by atoms with Gasteiger partial charge in [0.25, 0.3) is 0 Å². The molecule has 1 saturated carbocycles.